The van der Waals surface area contributed by atoms with Crippen molar-refractivity contribution in [1.29, 1.82) is 0 Å². The van der Waals surface area contributed by atoms with Gasteiger partial charge in [0, 0.05) is 0 Å². The van der Waals surface area contributed by atoms with Crippen LogP contribution in [-0.2, 0) is 0 Å². The Bertz CT molecular complexity index is 348. The molecule has 0 N–H and O–H groups in total. The number of hydrogen-bond donors (Lipinski definition) is 0. The minimum Gasteiger partial charge on any atom is -0.247 e. The van der Waals surface area contributed by atoms with Crippen molar-refractivity contribution >= 4 is 0 Å². The van der Waals surface area contributed by atoms with Crippen molar-refractivity contribution in [2.45, 2.75) is 90.4 Å². The van der Waals surface area contributed by atoms with Crippen molar-refractivity contribution in [3.8, 4) is 0 Å². The van der Waals surface area contributed by atoms with Gasteiger partial charge in [0.1, 0.15) is 12.3 Å². The van der Waals surface area contributed by atoms with E-state index >= 15 is 0 Å². The zero-order valence-corrected chi connectivity index (χ0v) is 14.4. The maximum absolute atomic E-state index is 14.8. The van der Waals surface area contributed by atoms with Crippen molar-refractivity contribution < 1.29 is 8.78 Å². The summed E-state index contributed by atoms with van der Waals surface area (Å²) in [4.78, 5) is 0. The summed E-state index contributed by atoms with van der Waals surface area (Å²) in [6, 6.07) is 0. The van der Waals surface area contributed by atoms with Gasteiger partial charge >= 0.3 is 0 Å². The van der Waals surface area contributed by atoms with Gasteiger partial charge in [-0.15, -0.1) is 0 Å². The maximum atomic E-state index is 14.8. The first kappa shape index (κ1) is 16.7. The van der Waals surface area contributed by atoms with E-state index in [4.69, 9.17) is 0 Å². The molecule has 3 fully saturated rings. The summed E-state index contributed by atoms with van der Waals surface area (Å²) in [7, 11) is 0. The van der Waals surface area contributed by atoms with Gasteiger partial charge in [0.15, 0.2) is 0 Å². The van der Waals surface area contributed by atoms with E-state index in [1.165, 1.54) is 25.7 Å². The van der Waals surface area contributed by atoms with Crippen LogP contribution in [0.3, 0.4) is 0 Å². The fraction of sp³-hybridized carbons (Fsp3) is 1.00. The van der Waals surface area contributed by atoms with E-state index in [0.29, 0.717) is 30.6 Å². The van der Waals surface area contributed by atoms with Crippen LogP contribution in [0.1, 0.15) is 78.1 Å². The normalized spacial score (nSPS) is 50.7. The average Bonchev–Trinajstić information content (AvgIpc) is 2.48. The second kappa shape index (κ2) is 7.18. The second-order valence-electron chi connectivity index (χ2n) is 8.87. The third-order valence-corrected chi connectivity index (χ3v) is 7.22. The molecule has 6 atom stereocenters. The van der Waals surface area contributed by atoms with Gasteiger partial charge in [0.2, 0.25) is 0 Å². The summed E-state index contributed by atoms with van der Waals surface area (Å²) >= 11 is 0. The highest BCUT2D eigenvalue weighted by Crippen LogP contribution is 2.47. The van der Waals surface area contributed by atoms with Crippen molar-refractivity contribution in [1.82, 2.24) is 0 Å². The van der Waals surface area contributed by atoms with Gasteiger partial charge in [-0.05, 0) is 80.5 Å². The van der Waals surface area contributed by atoms with E-state index in [9.17, 15) is 8.78 Å². The van der Waals surface area contributed by atoms with Crippen LogP contribution in [0.25, 0.3) is 0 Å². The lowest BCUT2D eigenvalue weighted by Crippen LogP contribution is -2.39. The first-order valence-corrected chi connectivity index (χ1v) is 9.82. The van der Waals surface area contributed by atoms with E-state index in [0.717, 1.165) is 31.6 Å². The van der Waals surface area contributed by atoms with Crippen LogP contribution in [-0.4, -0.2) is 12.3 Å². The molecule has 3 aliphatic rings. The number of hydrogen-bond acceptors (Lipinski definition) is 0. The summed E-state index contributed by atoms with van der Waals surface area (Å²) in [5.74, 6) is 2.72. The smallest absolute Gasteiger partial charge is 0.103 e. The molecule has 2 heteroatoms. The quantitative estimate of drug-likeness (QED) is 0.558. The molecule has 0 amide bonds. The lowest BCUT2D eigenvalue weighted by atomic mass is 9.64. The number of alkyl halides is 2. The summed E-state index contributed by atoms with van der Waals surface area (Å²) in [6.45, 7) is 4.48. The summed E-state index contributed by atoms with van der Waals surface area (Å²) in [5, 5.41) is 0. The Hall–Kier alpha value is -0.140. The van der Waals surface area contributed by atoms with Crippen LogP contribution in [0.4, 0.5) is 8.78 Å². The van der Waals surface area contributed by atoms with Crippen LogP contribution in [0, 0.1) is 35.5 Å². The molecule has 3 saturated carbocycles. The van der Waals surface area contributed by atoms with Crippen LogP contribution in [0.5, 0.6) is 0 Å². The molecule has 0 aromatic rings. The number of halogens is 2. The molecule has 0 aliphatic heterocycles. The summed E-state index contributed by atoms with van der Waals surface area (Å²) < 4.78 is 29.2. The van der Waals surface area contributed by atoms with Gasteiger partial charge in [-0.3, -0.25) is 0 Å². The standard InChI is InChI=1S/C20H34F2/c1-13-3-6-15(7-4-13)17-10-8-16(12-20(17)22)18-9-5-14(2)11-19(18)21/h13-20H,3-12H2,1-2H3. The molecular formula is C20H34F2. The third-order valence-electron chi connectivity index (χ3n) is 7.22. The van der Waals surface area contributed by atoms with Crippen LogP contribution >= 0.6 is 0 Å². The monoisotopic (exact) mass is 312 g/mol. The topological polar surface area (TPSA) is 0 Å². The van der Waals surface area contributed by atoms with E-state index in [2.05, 4.69) is 13.8 Å². The first-order chi connectivity index (χ1) is 10.5. The lowest BCUT2D eigenvalue weighted by molar-refractivity contribution is 0.00875. The lowest BCUT2D eigenvalue weighted by Gasteiger charge is -2.43. The van der Waals surface area contributed by atoms with Crippen molar-refractivity contribution in [3.63, 3.8) is 0 Å². The average molecular weight is 312 g/mol. The minimum atomic E-state index is -0.673. The molecule has 0 heterocycles. The van der Waals surface area contributed by atoms with Gasteiger partial charge < -0.3 is 0 Å². The maximum Gasteiger partial charge on any atom is 0.103 e. The van der Waals surface area contributed by atoms with Crippen LogP contribution in [0.2, 0.25) is 0 Å². The zero-order chi connectivity index (χ0) is 15.7. The molecule has 6 unspecified atom stereocenters. The summed E-state index contributed by atoms with van der Waals surface area (Å²) in [6.07, 6.45) is 9.27. The molecule has 0 saturated heterocycles. The molecule has 0 aromatic carbocycles. The highest BCUT2D eigenvalue weighted by atomic mass is 19.1. The third kappa shape index (κ3) is 3.67. The van der Waals surface area contributed by atoms with Crippen LogP contribution in [0.15, 0.2) is 0 Å². The van der Waals surface area contributed by atoms with Crippen molar-refractivity contribution in [3.05, 3.63) is 0 Å². The van der Waals surface area contributed by atoms with Crippen molar-refractivity contribution in [2.75, 3.05) is 0 Å². The Morgan fingerprint density at radius 3 is 1.68 bits per heavy atom. The molecule has 3 rings (SSSR count). The molecule has 0 spiro atoms. The molecule has 128 valence electrons. The molecule has 0 aromatic heterocycles. The predicted molar refractivity (Wildman–Crippen MR) is 88.3 cm³/mol. The Balaban J connectivity index is 1.53. The molecule has 0 radical (unpaired) electrons. The zero-order valence-electron chi connectivity index (χ0n) is 14.4. The van der Waals surface area contributed by atoms with E-state index < -0.39 is 12.3 Å². The molecule has 22 heavy (non-hydrogen) atoms. The van der Waals surface area contributed by atoms with Gasteiger partial charge in [-0.25, -0.2) is 8.78 Å². The van der Waals surface area contributed by atoms with Crippen molar-refractivity contribution in [2.24, 2.45) is 35.5 Å². The predicted octanol–water partition coefficient (Wildman–Crippen LogP) is 6.34. The van der Waals surface area contributed by atoms with Gasteiger partial charge in [0.25, 0.3) is 0 Å². The highest BCUT2D eigenvalue weighted by molar-refractivity contribution is 4.91. The fourth-order valence-corrected chi connectivity index (χ4v) is 5.67. The molecule has 3 aliphatic carbocycles. The second-order valence-corrected chi connectivity index (χ2v) is 8.87. The van der Waals surface area contributed by atoms with Crippen LogP contribution < -0.4 is 0 Å². The first-order valence-electron chi connectivity index (χ1n) is 9.82. The SMILES string of the molecule is CC1CCC(C2CCC(C3CCC(C)CC3F)CC2F)CC1. The minimum absolute atomic E-state index is 0.154. The Morgan fingerprint density at radius 1 is 0.545 bits per heavy atom. The Labute approximate surface area is 135 Å². The number of rotatable bonds is 2. The van der Waals surface area contributed by atoms with Gasteiger partial charge in [-0.2, -0.15) is 0 Å². The molecular weight excluding hydrogens is 278 g/mol. The van der Waals surface area contributed by atoms with Gasteiger partial charge in [0.05, 0.1) is 0 Å². The largest absolute Gasteiger partial charge is 0.247 e. The van der Waals surface area contributed by atoms with Gasteiger partial charge in [-0.1, -0.05) is 33.1 Å². The van der Waals surface area contributed by atoms with E-state index in [1.54, 1.807) is 0 Å². The Morgan fingerprint density at radius 2 is 1.05 bits per heavy atom. The molecule has 0 nitrogen and oxygen atoms in total. The highest BCUT2D eigenvalue weighted by Gasteiger charge is 2.42. The summed E-state index contributed by atoms with van der Waals surface area (Å²) in [5.41, 5.74) is 0. The van der Waals surface area contributed by atoms with E-state index in [1.807, 2.05) is 0 Å². The molecule has 0 bridgehead atoms. The Kier molecular flexibility index (Phi) is 5.45. The van der Waals surface area contributed by atoms with E-state index in [-0.39, 0.29) is 11.8 Å². The fourth-order valence-electron chi connectivity index (χ4n) is 5.67.